The van der Waals surface area contributed by atoms with E-state index in [0.29, 0.717) is 0 Å². The zero-order valence-electron chi connectivity index (χ0n) is 15.3. The van der Waals surface area contributed by atoms with Crippen molar-refractivity contribution in [2.24, 2.45) is 0 Å². The van der Waals surface area contributed by atoms with Crippen LogP contribution in [0.4, 0.5) is 11.5 Å². The Hall–Kier alpha value is -3.67. The molecule has 0 aliphatic carbocycles. The van der Waals surface area contributed by atoms with Crippen LogP contribution in [-0.4, -0.2) is 25.0 Å². The quantitative estimate of drug-likeness (QED) is 0.456. The van der Waals surface area contributed by atoms with Gasteiger partial charge >= 0.3 is 0 Å². The Morgan fingerprint density at radius 1 is 0.964 bits per heavy atom. The van der Waals surface area contributed by atoms with Crippen LogP contribution in [0.5, 0.6) is 0 Å². The second kappa shape index (κ2) is 7.15. The second-order valence-corrected chi connectivity index (χ2v) is 6.82. The normalized spacial score (nSPS) is 11.3. The third kappa shape index (κ3) is 3.20. The molecule has 2 aromatic carbocycles. The fourth-order valence-electron chi connectivity index (χ4n) is 3.47. The molecule has 0 fully saturated rings. The number of para-hydroxylation sites is 1. The summed E-state index contributed by atoms with van der Waals surface area (Å²) in [5, 5.41) is 16.3. The number of hydrogen-bond donors (Lipinski definition) is 2. The van der Waals surface area contributed by atoms with Crippen molar-refractivity contribution in [2.75, 3.05) is 5.32 Å². The van der Waals surface area contributed by atoms with E-state index in [9.17, 15) is 0 Å². The number of hydrogen-bond acceptors (Lipinski definition) is 4. The van der Waals surface area contributed by atoms with Gasteiger partial charge in [0, 0.05) is 23.8 Å². The number of H-pyrrole nitrogens is 1. The summed E-state index contributed by atoms with van der Waals surface area (Å²) in [6.07, 6.45) is 5.77. The summed E-state index contributed by atoms with van der Waals surface area (Å²) < 4.78 is 2.08. The van der Waals surface area contributed by atoms with Crippen LogP contribution in [0.1, 0.15) is 12.0 Å². The van der Waals surface area contributed by atoms with E-state index >= 15 is 0 Å². The van der Waals surface area contributed by atoms with Crippen molar-refractivity contribution >= 4 is 33.4 Å². The average molecular weight is 368 g/mol. The van der Waals surface area contributed by atoms with E-state index in [-0.39, 0.29) is 0 Å². The predicted octanol–water partition coefficient (Wildman–Crippen LogP) is 4.68. The van der Waals surface area contributed by atoms with E-state index < -0.39 is 0 Å². The fraction of sp³-hybridized carbons (Fsp3) is 0.136. The van der Waals surface area contributed by atoms with Gasteiger partial charge in [-0.1, -0.05) is 30.3 Å². The molecule has 0 unspecified atom stereocenters. The van der Waals surface area contributed by atoms with Crippen molar-refractivity contribution in [2.45, 2.75) is 19.4 Å². The zero-order valence-corrected chi connectivity index (χ0v) is 15.3. The summed E-state index contributed by atoms with van der Waals surface area (Å²) in [5.41, 5.74) is 5.28. The first-order valence-corrected chi connectivity index (χ1v) is 9.42. The van der Waals surface area contributed by atoms with Gasteiger partial charge < -0.3 is 5.32 Å². The summed E-state index contributed by atoms with van der Waals surface area (Å²) in [6, 6.07) is 20.7. The van der Waals surface area contributed by atoms with Crippen molar-refractivity contribution in [3.63, 3.8) is 0 Å². The molecule has 28 heavy (non-hydrogen) atoms. The molecule has 3 heterocycles. The van der Waals surface area contributed by atoms with Gasteiger partial charge in [0.25, 0.3) is 0 Å². The monoisotopic (exact) mass is 368 g/mol. The number of pyridine rings is 1. The van der Waals surface area contributed by atoms with Gasteiger partial charge in [0.2, 0.25) is 0 Å². The molecule has 0 spiro atoms. The van der Waals surface area contributed by atoms with Gasteiger partial charge in [0.1, 0.15) is 5.52 Å². The van der Waals surface area contributed by atoms with Crippen LogP contribution in [0.3, 0.4) is 0 Å². The minimum atomic E-state index is 0.744. The summed E-state index contributed by atoms with van der Waals surface area (Å²) in [6.45, 7) is 0.915. The summed E-state index contributed by atoms with van der Waals surface area (Å²) >= 11 is 0. The molecule has 0 saturated heterocycles. The number of nitrogens with zero attached hydrogens (tertiary/aromatic N) is 4. The first kappa shape index (κ1) is 16.5. The number of anilines is 2. The van der Waals surface area contributed by atoms with Crippen LogP contribution in [0.25, 0.3) is 21.9 Å². The molecule has 6 heteroatoms. The minimum Gasteiger partial charge on any atom is -0.337 e. The Morgan fingerprint density at radius 2 is 1.86 bits per heavy atom. The molecule has 0 atom stereocenters. The number of aromatic amines is 1. The Labute approximate surface area is 162 Å². The van der Waals surface area contributed by atoms with Gasteiger partial charge in [0.05, 0.1) is 17.2 Å². The van der Waals surface area contributed by atoms with Crippen LogP contribution in [0.15, 0.2) is 73.1 Å². The highest BCUT2D eigenvalue weighted by atomic mass is 15.3. The summed E-state index contributed by atoms with van der Waals surface area (Å²) in [7, 11) is 0. The highest BCUT2D eigenvalue weighted by molar-refractivity contribution is 5.87. The molecule has 5 rings (SSSR count). The SMILES string of the molecule is c1ccc2c(c1)cnn2CCCc1ccc(Nc2n[nH]c3cccnc23)cc1. The third-order valence-corrected chi connectivity index (χ3v) is 4.92. The number of aryl methyl sites for hydroxylation is 2. The van der Waals surface area contributed by atoms with E-state index in [1.54, 1.807) is 6.20 Å². The highest BCUT2D eigenvalue weighted by Crippen LogP contribution is 2.22. The van der Waals surface area contributed by atoms with Gasteiger partial charge in [0.15, 0.2) is 5.82 Å². The summed E-state index contributed by atoms with van der Waals surface area (Å²) in [4.78, 5) is 4.38. The van der Waals surface area contributed by atoms with Gasteiger partial charge in [-0.15, -0.1) is 0 Å². The molecule has 5 aromatic rings. The molecule has 0 saturated carbocycles. The van der Waals surface area contributed by atoms with Crippen LogP contribution < -0.4 is 5.32 Å². The molecule has 2 N–H and O–H groups in total. The predicted molar refractivity (Wildman–Crippen MR) is 112 cm³/mol. The van der Waals surface area contributed by atoms with Crippen LogP contribution >= 0.6 is 0 Å². The number of benzene rings is 2. The smallest absolute Gasteiger partial charge is 0.178 e. The van der Waals surface area contributed by atoms with Crippen molar-refractivity contribution in [1.82, 2.24) is 25.0 Å². The van der Waals surface area contributed by atoms with Crippen molar-refractivity contribution in [3.8, 4) is 0 Å². The Balaban J connectivity index is 1.22. The molecule has 0 aliphatic rings. The van der Waals surface area contributed by atoms with Crippen LogP contribution in [0, 0.1) is 0 Å². The van der Waals surface area contributed by atoms with Crippen LogP contribution in [-0.2, 0) is 13.0 Å². The van der Waals surface area contributed by atoms with Crippen molar-refractivity contribution < 1.29 is 0 Å². The largest absolute Gasteiger partial charge is 0.337 e. The van der Waals surface area contributed by atoms with Gasteiger partial charge in [-0.25, -0.2) is 0 Å². The van der Waals surface area contributed by atoms with Gasteiger partial charge in [-0.2, -0.15) is 10.2 Å². The zero-order chi connectivity index (χ0) is 18.8. The van der Waals surface area contributed by atoms with Gasteiger partial charge in [-0.05, 0) is 48.7 Å². The number of nitrogens with one attached hydrogen (secondary N) is 2. The molecule has 0 amide bonds. The molecule has 138 valence electrons. The van der Waals surface area contributed by atoms with Crippen LogP contribution in [0.2, 0.25) is 0 Å². The average Bonchev–Trinajstić information content (AvgIpc) is 3.34. The molecule has 0 bridgehead atoms. The summed E-state index contributed by atoms with van der Waals surface area (Å²) in [5.74, 6) is 0.744. The molecule has 6 nitrogen and oxygen atoms in total. The number of rotatable bonds is 6. The third-order valence-electron chi connectivity index (χ3n) is 4.92. The lowest BCUT2D eigenvalue weighted by molar-refractivity contribution is 0.596. The molecular weight excluding hydrogens is 348 g/mol. The maximum atomic E-state index is 4.50. The molecule has 0 radical (unpaired) electrons. The Morgan fingerprint density at radius 3 is 2.79 bits per heavy atom. The molecule has 0 aliphatic heterocycles. The Kier molecular flexibility index (Phi) is 4.21. The number of aromatic nitrogens is 5. The molecule has 3 aromatic heterocycles. The topological polar surface area (TPSA) is 71.4 Å². The minimum absolute atomic E-state index is 0.744. The molecular formula is C22H20N6. The van der Waals surface area contributed by atoms with Gasteiger partial charge in [-0.3, -0.25) is 14.8 Å². The maximum Gasteiger partial charge on any atom is 0.178 e. The van der Waals surface area contributed by atoms with E-state index in [4.69, 9.17) is 0 Å². The first-order valence-electron chi connectivity index (χ1n) is 9.42. The highest BCUT2D eigenvalue weighted by Gasteiger charge is 2.06. The number of fused-ring (bicyclic) bond motifs is 2. The fourth-order valence-corrected chi connectivity index (χ4v) is 3.47. The second-order valence-electron chi connectivity index (χ2n) is 6.82. The Bertz CT molecular complexity index is 1220. The maximum absolute atomic E-state index is 4.50. The lowest BCUT2D eigenvalue weighted by Crippen LogP contribution is -2.01. The standard InChI is InChI=1S/C22H20N6/c1-2-8-20-17(6-1)15-24-28(20)14-4-5-16-9-11-18(12-10-16)25-22-21-19(26-27-22)7-3-13-23-21/h1-3,6-13,15H,4-5,14H2,(H2,25,26,27). The van der Waals surface area contributed by atoms with Crippen molar-refractivity contribution in [1.29, 1.82) is 0 Å². The lowest BCUT2D eigenvalue weighted by Gasteiger charge is -2.07. The van der Waals surface area contributed by atoms with E-state index in [1.807, 2.05) is 24.4 Å². The van der Waals surface area contributed by atoms with E-state index in [2.05, 4.69) is 72.7 Å². The van der Waals surface area contributed by atoms with E-state index in [1.165, 1.54) is 16.5 Å². The first-order chi connectivity index (χ1) is 13.9. The van der Waals surface area contributed by atoms with Crippen molar-refractivity contribution in [3.05, 3.63) is 78.6 Å². The lowest BCUT2D eigenvalue weighted by atomic mass is 10.1. The van der Waals surface area contributed by atoms with E-state index in [0.717, 1.165) is 41.9 Å².